The summed E-state index contributed by atoms with van der Waals surface area (Å²) in [6.07, 6.45) is 0.573. The maximum Gasteiger partial charge on any atom is 0.227 e. The Labute approximate surface area is 170 Å². The second-order valence-corrected chi connectivity index (χ2v) is 7.26. The van der Waals surface area contributed by atoms with Gasteiger partial charge in [-0.05, 0) is 22.9 Å². The third kappa shape index (κ3) is 4.17. The highest BCUT2D eigenvalue weighted by Gasteiger charge is 2.17. The molecule has 1 aliphatic rings. The van der Waals surface area contributed by atoms with Gasteiger partial charge in [-0.25, -0.2) is 0 Å². The van der Waals surface area contributed by atoms with Crippen LogP contribution in [0.1, 0.15) is 17.9 Å². The van der Waals surface area contributed by atoms with Crippen LogP contribution >= 0.6 is 15.9 Å². The summed E-state index contributed by atoms with van der Waals surface area (Å²) in [5.41, 5.74) is 2.67. The average molecular weight is 444 g/mol. The molecule has 8 heteroatoms. The number of carbonyl (C=O) groups is 1. The number of nitrogens with zero attached hydrogens (tertiary/aromatic N) is 2. The van der Waals surface area contributed by atoms with E-state index in [0.717, 1.165) is 15.6 Å². The van der Waals surface area contributed by atoms with E-state index >= 15 is 0 Å². The van der Waals surface area contributed by atoms with Gasteiger partial charge in [0.2, 0.25) is 17.6 Å². The molecule has 0 radical (unpaired) electrons. The van der Waals surface area contributed by atoms with Gasteiger partial charge in [0.15, 0.2) is 11.5 Å². The van der Waals surface area contributed by atoms with Crippen molar-refractivity contribution in [3.8, 4) is 22.9 Å². The Kier molecular flexibility index (Phi) is 5.29. The maximum atomic E-state index is 12.3. The number of fused-ring (bicyclic) bond motifs is 1. The lowest BCUT2D eigenvalue weighted by Gasteiger charge is -2.20. The molecule has 1 aromatic heterocycles. The Morgan fingerprint density at radius 2 is 1.86 bits per heavy atom. The fourth-order valence-corrected chi connectivity index (χ4v) is 3.19. The normalized spacial score (nSPS) is 12.6. The number of anilines is 1. The molecule has 1 aliphatic heterocycles. The van der Waals surface area contributed by atoms with Gasteiger partial charge in [-0.2, -0.15) is 4.98 Å². The first-order valence-electron chi connectivity index (χ1n) is 8.87. The lowest BCUT2D eigenvalue weighted by atomic mass is 10.1. The summed E-state index contributed by atoms with van der Waals surface area (Å²) in [5, 5.41) is 6.85. The van der Waals surface area contributed by atoms with Crippen molar-refractivity contribution in [2.24, 2.45) is 0 Å². The molecule has 1 amide bonds. The average Bonchev–Trinajstić information content (AvgIpc) is 3.16. The van der Waals surface area contributed by atoms with E-state index in [1.807, 2.05) is 31.2 Å². The first-order valence-corrected chi connectivity index (χ1v) is 9.66. The third-order valence-corrected chi connectivity index (χ3v) is 4.91. The zero-order valence-electron chi connectivity index (χ0n) is 15.2. The Bertz CT molecular complexity index is 1000. The highest BCUT2D eigenvalue weighted by atomic mass is 79.9. The minimum atomic E-state index is -0.160. The summed E-state index contributed by atoms with van der Waals surface area (Å²) in [6.45, 7) is 3.02. The third-order valence-electron chi connectivity index (χ3n) is 4.25. The monoisotopic (exact) mass is 443 g/mol. The first kappa shape index (κ1) is 18.5. The highest BCUT2D eigenvalue weighted by Crippen LogP contribution is 2.38. The van der Waals surface area contributed by atoms with E-state index in [2.05, 4.69) is 31.4 Å². The van der Waals surface area contributed by atoms with Gasteiger partial charge >= 0.3 is 0 Å². The molecule has 0 fully saturated rings. The maximum absolute atomic E-state index is 12.3. The molecule has 0 saturated heterocycles. The largest absolute Gasteiger partial charge is 0.486 e. The summed E-state index contributed by atoms with van der Waals surface area (Å²) in [6, 6.07) is 11.4. The van der Waals surface area contributed by atoms with Crippen LogP contribution in [0.4, 0.5) is 5.69 Å². The van der Waals surface area contributed by atoms with Crippen molar-refractivity contribution in [1.29, 1.82) is 0 Å². The number of halogens is 1. The van der Waals surface area contributed by atoms with Gasteiger partial charge in [0.05, 0.1) is 5.69 Å². The van der Waals surface area contributed by atoms with Crippen LogP contribution in [0.25, 0.3) is 11.4 Å². The van der Waals surface area contributed by atoms with Gasteiger partial charge in [-0.3, -0.25) is 4.79 Å². The number of nitrogens with one attached hydrogen (secondary N) is 1. The number of aryl methyl sites for hydroxylation is 2. The molecule has 4 rings (SSSR count). The second kappa shape index (κ2) is 8.02. The summed E-state index contributed by atoms with van der Waals surface area (Å²) < 4.78 is 17.1. The molecule has 0 aliphatic carbocycles. The topological polar surface area (TPSA) is 86.5 Å². The zero-order chi connectivity index (χ0) is 19.5. The van der Waals surface area contributed by atoms with Gasteiger partial charge in [0, 0.05) is 35.0 Å². The smallest absolute Gasteiger partial charge is 0.227 e. The van der Waals surface area contributed by atoms with Crippen LogP contribution in [-0.4, -0.2) is 29.3 Å². The van der Waals surface area contributed by atoms with E-state index in [9.17, 15) is 4.79 Å². The predicted octanol–water partition coefficient (Wildman–Crippen LogP) is 4.15. The molecule has 0 unspecified atom stereocenters. The molecule has 7 nitrogen and oxygen atoms in total. The Morgan fingerprint density at radius 1 is 1.14 bits per heavy atom. The molecule has 2 heterocycles. The molecule has 2 aromatic carbocycles. The predicted molar refractivity (Wildman–Crippen MR) is 107 cm³/mol. The lowest BCUT2D eigenvalue weighted by Crippen LogP contribution is -2.17. The van der Waals surface area contributed by atoms with E-state index in [1.54, 1.807) is 12.1 Å². The molecule has 28 heavy (non-hydrogen) atoms. The van der Waals surface area contributed by atoms with Crippen molar-refractivity contribution < 1.29 is 18.8 Å². The fraction of sp³-hybridized carbons (Fsp3) is 0.250. The van der Waals surface area contributed by atoms with Gasteiger partial charge in [0.1, 0.15) is 13.2 Å². The molecule has 0 saturated carbocycles. The van der Waals surface area contributed by atoms with E-state index in [0.29, 0.717) is 48.5 Å². The fourth-order valence-electron chi connectivity index (χ4n) is 2.77. The van der Waals surface area contributed by atoms with Crippen LogP contribution in [0.2, 0.25) is 0 Å². The quantitative estimate of drug-likeness (QED) is 0.637. The van der Waals surface area contributed by atoms with Gasteiger partial charge in [0.25, 0.3) is 0 Å². The van der Waals surface area contributed by atoms with Crippen LogP contribution in [-0.2, 0) is 11.2 Å². The van der Waals surface area contributed by atoms with Crippen molar-refractivity contribution in [3.63, 3.8) is 0 Å². The summed E-state index contributed by atoms with van der Waals surface area (Å²) >= 11 is 3.44. The molecule has 3 aromatic rings. The van der Waals surface area contributed by atoms with Crippen LogP contribution in [0.15, 0.2) is 45.4 Å². The summed E-state index contributed by atoms with van der Waals surface area (Å²) in [7, 11) is 0. The van der Waals surface area contributed by atoms with Gasteiger partial charge < -0.3 is 19.3 Å². The second-order valence-electron chi connectivity index (χ2n) is 6.40. The van der Waals surface area contributed by atoms with Gasteiger partial charge in [-0.15, -0.1) is 0 Å². The van der Waals surface area contributed by atoms with E-state index in [1.165, 1.54) is 0 Å². The van der Waals surface area contributed by atoms with Crippen molar-refractivity contribution in [2.75, 3.05) is 18.5 Å². The number of ether oxygens (including phenoxy) is 2. The van der Waals surface area contributed by atoms with Crippen molar-refractivity contribution in [1.82, 2.24) is 10.1 Å². The molecule has 144 valence electrons. The van der Waals surface area contributed by atoms with Crippen molar-refractivity contribution in [3.05, 3.63) is 52.3 Å². The van der Waals surface area contributed by atoms with E-state index in [-0.39, 0.29) is 12.3 Å². The molecule has 0 atom stereocenters. The van der Waals surface area contributed by atoms with Crippen molar-refractivity contribution >= 4 is 27.5 Å². The minimum Gasteiger partial charge on any atom is -0.486 e. The van der Waals surface area contributed by atoms with Crippen LogP contribution < -0.4 is 14.8 Å². The van der Waals surface area contributed by atoms with Crippen LogP contribution in [0.5, 0.6) is 11.5 Å². The molecular formula is C20H18BrN3O4. The molecule has 0 bridgehead atoms. The standard InChI is InChI=1S/C20H18BrN3O4/c1-12-2-4-13(5-3-12)20-23-19(28-24-20)7-6-18(25)22-15-11-17-16(10-14(15)21)26-8-9-27-17/h2-5,10-11H,6-9H2,1H3,(H,22,25). The van der Waals surface area contributed by atoms with Crippen LogP contribution in [0.3, 0.4) is 0 Å². The summed E-state index contributed by atoms with van der Waals surface area (Å²) in [5.74, 6) is 2.06. The van der Waals surface area contributed by atoms with E-state index < -0.39 is 0 Å². The Hall–Kier alpha value is -2.87. The molecule has 1 N–H and O–H groups in total. The highest BCUT2D eigenvalue weighted by molar-refractivity contribution is 9.10. The Morgan fingerprint density at radius 3 is 2.61 bits per heavy atom. The van der Waals surface area contributed by atoms with E-state index in [4.69, 9.17) is 14.0 Å². The molecule has 0 spiro atoms. The number of hydrogen-bond acceptors (Lipinski definition) is 6. The number of rotatable bonds is 5. The zero-order valence-corrected chi connectivity index (χ0v) is 16.8. The Balaban J connectivity index is 1.37. The number of carbonyl (C=O) groups excluding carboxylic acids is 1. The summed E-state index contributed by atoms with van der Waals surface area (Å²) in [4.78, 5) is 16.7. The SMILES string of the molecule is Cc1ccc(-c2noc(CCC(=O)Nc3cc4c(cc3Br)OCCO4)n2)cc1. The van der Waals surface area contributed by atoms with Crippen molar-refractivity contribution in [2.45, 2.75) is 19.8 Å². The minimum absolute atomic E-state index is 0.160. The van der Waals surface area contributed by atoms with Crippen LogP contribution in [0, 0.1) is 6.92 Å². The van der Waals surface area contributed by atoms with Gasteiger partial charge in [-0.1, -0.05) is 35.0 Å². The lowest BCUT2D eigenvalue weighted by molar-refractivity contribution is -0.116. The first-order chi connectivity index (χ1) is 13.6. The number of benzene rings is 2. The number of hydrogen-bond donors (Lipinski definition) is 1. The number of aromatic nitrogens is 2. The molecular weight excluding hydrogens is 426 g/mol. The number of amides is 1.